The first-order chi connectivity index (χ1) is 10.1. The Morgan fingerprint density at radius 3 is 2.62 bits per heavy atom. The third-order valence-electron chi connectivity index (χ3n) is 2.93. The number of aryl methyl sites for hydroxylation is 2. The zero-order chi connectivity index (χ0) is 15.4. The van der Waals surface area contributed by atoms with Crippen LogP contribution >= 0.6 is 15.9 Å². The largest absolute Gasteiger partial charge is 0.289 e. The van der Waals surface area contributed by atoms with Crippen LogP contribution in [0.1, 0.15) is 35.6 Å². The number of aromatic nitrogens is 3. The highest BCUT2D eigenvalue weighted by Gasteiger charge is 2.16. The van der Waals surface area contributed by atoms with Gasteiger partial charge in [0.25, 0.3) is 5.91 Å². The van der Waals surface area contributed by atoms with Crippen molar-refractivity contribution in [1.29, 1.82) is 0 Å². The molecule has 1 aromatic heterocycles. The molecule has 0 saturated carbocycles. The Morgan fingerprint density at radius 2 is 1.95 bits per heavy atom. The molecule has 2 aromatic rings. The van der Waals surface area contributed by atoms with Crippen LogP contribution < -0.4 is 5.32 Å². The summed E-state index contributed by atoms with van der Waals surface area (Å²) in [4.78, 5) is 16.3. The quantitative estimate of drug-likeness (QED) is 0.917. The summed E-state index contributed by atoms with van der Waals surface area (Å²) in [7, 11) is 0. The number of amides is 1. The van der Waals surface area contributed by atoms with Crippen LogP contribution in [0.2, 0.25) is 0 Å². The average molecular weight is 353 g/mol. The molecule has 2 rings (SSSR count). The van der Waals surface area contributed by atoms with E-state index < -0.39 is 11.7 Å². The van der Waals surface area contributed by atoms with Crippen molar-refractivity contribution in [3.8, 4) is 0 Å². The summed E-state index contributed by atoms with van der Waals surface area (Å²) in [6.07, 6.45) is 1.41. The van der Waals surface area contributed by atoms with E-state index in [0.717, 1.165) is 17.8 Å². The number of anilines is 1. The molecule has 0 aliphatic carbocycles. The number of carbonyl (C=O) groups excluding carboxylic acids is 1. The smallest absolute Gasteiger partial charge is 0.261 e. The van der Waals surface area contributed by atoms with E-state index in [1.54, 1.807) is 6.07 Å². The lowest BCUT2D eigenvalue weighted by Gasteiger charge is -2.08. The molecule has 7 heteroatoms. The van der Waals surface area contributed by atoms with Crippen LogP contribution in [0.4, 0.5) is 10.3 Å². The van der Waals surface area contributed by atoms with E-state index >= 15 is 0 Å². The van der Waals surface area contributed by atoms with E-state index in [2.05, 4.69) is 36.4 Å². The molecule has 1 N–H and O–H groups in total. The van der Waals surface area contributed by atoms with Gasteiger partial charge in [-0.2, -0.15) is 0 Å². The minimum absolute atomic E-state index is 0.0772. The molecule has 0 spiro atoms. The summed E-state index contributed by atoms with van der Waals surface area (Å²) in [6.45, 7) is 3.91. The van der Waals surface area contributed by atoms with Crippen molar-refractivity contribution in [3.63, 3.8) is 0 Å². The Labute approximate surface area is 130 Å². The fraction of sp³-hybridized carbons (Fsp3) is 0.286. The Kier molecular flexibility index (Phi) is 4.95. The maximum absolute atomic E-state index is 13.9. The first-order valence-electron chi connectivity index (χ1n) is 6.54. The van der Waals surface area contributed by atoms with Gasteiger partial charge in [0.1, 0.15) is 5.82 Å². The van der Waals surface area contributed by atoms with Crippen molar-refractivity contribution < 1.29 is 9.18 Å². The average Bonchev–Trinajstić information content (AvgIpc) is 2.49. The van der Waals surface area contributed by atoms with Gasteiger partial charge in [0.05, 0.1) is 21.4 Å². The van der Waals surface area contributed by atoms with Crippen LogP contribution in [-0.4, -0.2) is 21.1 Å². The second-order valence-corrected chi connectivity index (χ2v) is 5.15. The lowest BCUT2D eigenvalue weighted by Crippen LogP contribution is -2.17. The minimum Gasteiger partial charge on any atom is -0.289 e. The summed E-state index contributed by atoms with van der Waals surface area (Å²) in [5, 5.41) is 10.3. The monoisotopic (exact) mass is 352 g/mol. The van der Waals surface area contributed by atoms with E-state index in [0.29, 0.717) is 6.42 Å². The van der Waals surface area contributed by atoms with Crippen LogP contribution in [0.5, 0.6) is 0 Å². The first-order valence-corrected chi connectivity index (χ1v) is 7.33. The molecule has 5 nitrogen and oxygen atoms in total. The fourth-order valence-electron chi connectivity index (χ4n) is 1.84. The standard InChI is InChI=1S/C14H14BrFN4O/c1-3-10-11(4-2)19-20-14(17-10)18-13(21)8-6-5-7-9(15)12(8)16/h5-7H,3-4H2,1-2H3,(H,17,18,20,21). The highest BCUT2D eigenvalue weighted by Crippen LogP contribution is 2.19. The zero-order valence-electron chi connectivity index (χ0n) is 11.7. The molecule has 1 aromatic carbocycles. The molecule has 0 radical (unpaired) electrons. The van der Waals surface area contributed by atoms with E-state index in [9.17, 15) is 9.18 Å². The number of rotatable bonds is 4. The number of halogens is 2. The molecular weight excluding hydrogens is 339 g/mol. The first kappa shape index (κ1) is 15.5. The van der Waals surface area contributed by atoms with Gasteiger partial charge in [-0.05, 0) is 40.9 Å². The third kappa shape index (κ3) is 3.41. The van der Waals surface area contributed by atoms with E-state index in [-0.39, 0.29) is 16.0 Å². The molecule has 0 fully saturated rings. The number of hydrogen-bond donors (Lipinski definition) is 1. The van der Waals surface area contributed by atoms with Crippen molar-refractivity contribution in [2.45, 2.75) is 26.7 Å². The number of nitrogens with zero attached hydrogens (tertiary/aromatic N) is 3. The highest BCUT2D eigenvalue weighted by molar-refractivity contribution is 9.10. The van der Waals surface area contributed by atoms with Crippen molar-refractivity contribution >= 4 is 27.8 Å². The summed E-state index contributed by atoms with van der Waals surface area (Å²) < 4.78 is 14.1. The van der Waals surface area contributed by atoms with E-state index in [4.69, 9.17) is 0 Å². The van der Waals surface area contributed by atoms with E-state index in [1.807, 2.05) is 13.8 Å². The fourth-order valence-corrected chi connectivity index (χ4v) is 2.21. The Bertz CT molecular complexity index is 678. The van der Waals surface area contributed by atoms with Gasteiger partial charge in [0.2, 0.25) is 5.95 Å². The molecule has 0 bridgehead atoms. The van der Waals surface area contributed by atoms with Crippen LogP contribution in [0.3, 0.4) is 0 Å². The number of hydrogen-bond acceptors (Lipinski definition) is 4. The topological polar surface area (TPSA) is 67.8 Å². The lowest BCUT2D eigenvalue weighted by molar-refractivity contribution is 0.102. The predicted octanol–water partition coefficient (Wildman–Crippen LogP) is 3.15. The number of carbonyl (C=O) groups is 1. The normalized spacial score (nSPS) is 10.5. The molecule has 0 saturated heterocycles. The number of nitrogens with one attached hydrogen (secondary N) is 1. The summed E-state index contributed by atoms with van der Waals surface area (Å²) >= 11 is 3.04. The summed E-state index contributed by atoms with van der Waals surface area (Å²) in [6, 6.07) is 4.50. The predicted molar refractivity (Wildman–Crippen MR) is 80.6 cm³/mol. The zero-order valence-corrected chi connectivity index (χ0v) is 13.2. The molecule has 1 heterocycles. The van der Waals surface area contributed by atoms with Crippen LogP contribution in [0.25, 0.3) is 0 Å². The van der Waals surface area contributed by atoms with Gasteiger partial charge in [-0.15, -0.1) is 10.2 Å². The summed E-state index contributed by atoms with van der Waals surface area (Å²) in [5.74, 6) is -1.15. The van der Waals surface area contributed by atoms with Crippen molar-refractivity contribution in [2.24, 2.45) is 0 Å². The van der Waals surface area contributed by atoms with E-state index in [1.165, 1.54) is 12.1 Å². The van der Waals surface area contributed by atoms with Crippen LogP contribution in [-0.2, 0) is 12.8 Å². The Balaban J connectivity index is 2.25. The van der Waals surface area contributed by atoms with Gasteiger partial charge >= 0.3 is 0 Å². The third-order valence-corrected chi connectivity index (χ3v) is 3.54. The minimum atomic E-state index is -0.621. The van der Waals surface area contributed by atoms with Gasteiger partial charge in [-0.25, -0.2) is 9.37 Å². The molecule has 21 heavy (non-hydrogen) atoms. The van der Waals surface area contributed by atoms with Gasteiger partial charge in [-0.3, -0.25) is 10.1 Å². The van der Waals surface area contributed by atoms with Crippen molar-refractivity contribution in [1.82, 2.24) is 15.2 Å². The van der Waals surface area contributed by atoms with Gasteiger partial charge in [-0.1, -0.05) is 19.9 Å². The van der Waals surface area contributed by atoms with Crippen LogP contribution in [0.15, 0.2) is 22.7 Å². The summed E-state index contributed by atoms with van der Waals surface area (Å²) in [5.41, 5.74) is 1.49. The molecule has 0 unspecified atom stereocenters. The Morgan fingerprint density at radius 1 is 1.24 bits per heavy atom. The highest BCUT2D eigenvalue weighted by atomic mass is 79.9. The van der Waals surface area contributed by atoms with Gasteiger partial charge in [0.15, 0.2) is 0 Å². The molecule has 0 aliphatic heterocycles. The second-order valence-electron chi connectivity index (χ2n) is 4.29. The van der Waals surface area contributed by atoms with Crippen LogP contribution in [0, 0.1) is 5.82 Å². The van der Waals surface area contributed by atoms with Crippen molar-refractivity contribution in [2.75, 3.05) is 5.32 Å². The van der Waals surface area contributed by atoms with Crippen molar-refractivity contribution in [3.05, 3.63) is 45.4 Å². The SMILES string of the molecule is CCc1nnc(NC(=O)c2cccc(Br)c2F)nc1CC. The maximum Gasteiger partial charge on any atom is 0.261 e. The number of benzene rings is 1. The maximum atomic E-state index is 13.9. The molecule has 0 aliphatic rings. The second kappa shape index (κ2) is 6.71. The van der Waals surface area contributed by atoms with Gasteiger partial charge < -0.3 is 0 Å². The van der Waals surface area contributed by atoms with Gasteiger partial charge in [0, 0.05) is 0 Å². The molecular formula is C14H14BrFN4O. The lowest BCUT2D eigenvalue weighted by atomic mass is 10.2. The molecule has 0 atom stereocenters. The molecule has 1 amide bonds. The Hall–Kier alpha value is -1.89. The molecule has 110 valence electrons.